The van der Waals surface area contributed by atoms with Gasteiger partial charge in [-0.05, 0) is 42.1 Å². The molecule has 1 aliphatic heterocycles. The molecule has 0 radical (unpaired) electrons. The molecule has 19 heavy (non-hydrogen) atoms. The molecule has 0 saturated carbocycles. The summed E-state index contributed by atoms with van der Waals surface area (Å²) in [5.41, 5.74) is 2.53. The highest BCUT2D eigenvalue weighted by Gasteiger charge is 2.32. The summed E-state index contributed by atoms with van der Waals surface area (Å²) in [6.07, 6.45) is 3.61. The Labute approximate surface area is 121 Å². The second-order valence-electron chi connectivity index (χ2n) is 5.47. The van der Waals surface area contributed by atoms with Gasteiger partial charge in [-0.2, -0.15) is 12.6 Å². The van der Waals surface area contributed by atoms with Gasteiger partial charge in [-0.15, -0.1) is 0 Å². The standard InChI is InChI=1S/C16H23NOS/c1-3-16(4-2,12-19)11-17-14-8-6-5-7-13(14)9-10-15(17)18/h5-8,19H,3-4,9-12H2,1-2H3. The third-order valence-corrected chi connectivity index (χ3v) is 5.19. The molecule has 2 rings (SSSR count). The number of amides is 1. The number of carbonyl (C=O) groups excluding carboxylic acids is 1. The maximum Gasteiger partial charge on any atom is 0.227 e. The van der Waals surface area contributed by atoms with Gasteiger partial charge in [0.1, 0.15) is 0 Å². The Balaban J connectivity index is 2.31. The molecule has 2 nitrogen and oxygen atoms in total. The average Bonchev–Trinajstić information content (AvgIpc) is 2.47. The summed E-state index contributed by atoms with van der Waals surface area (Å²) < 4.78 is 0. The molecule has 0 aromatic heterocycles. The highest BCUT2D eigenvalue weighted by atomic mass is 32.1. The lowest BCUT2D eigenvalue weighted by Crippen LogP contribution is -2.44. The molecule has 1 aromatic rings. The predicted octanol–water partition coefficient (Wildman–Crippen LogP) is 3.70. The lowest BCUT2D eigenvalue weighted by atomic mass is 9.83. The van der Waals surface area contributed by atoms with Crippen molar-refractivity contribution in [2.75, 3.05) is 17.2 Å². The van der Waals surface area contributed by atoms with Gasteiger partial charge in [0, 0.05) is 18.7 Å². The summed E-state index contributed by atoms with van der Waals surface area (Å²) in [4.78, 5) is 14.3. The molecule has 0 aliphatic carbocycles. The van der Waals surface area contributed by atoms with Gasteiger partial charge in [-0.3, -0.25) is 4.79 Å². The van der Waals surface area contributed by atoms with Gasteiger partial charge in [0.15, 0.2) is 0 Å². The Hall–Kier alpha value is -0.960. The van der Waals surface area contributed by atoms with Crippen LogP contribution in [0.5, 0.6) is 0 Å². The number of para-hydroxylation sites is 1. The Morgan fingerprint density at radius 2 is 1.89 bits per heavy atom. The van der Waals surface area contributed by atoms with Gasteiger partial charge in [0.2, 0.25) is 5.91 Å². The van der Waals surface area contributed by atoms with Crippen LogP contribution < -0.4 is 4.90 Å². The number of aryl methyl sites for hydroxylation is 1. The molecule has 0 saturated heterocycles. The molecule has 0 N–H and O–H groups in total. The summed E-state index contributed by atoms with van der Waals surface area (Å²) in [6.45, 7) is 5.18. The molecule has 1 heterocycles. The zero-order chi connectivity index (χ0) is 13.9. The van der Waals surface area contributed by atoms with Crippen molar-refractivity contribution in [3.63, 3.8) is 0 Å². The average molecular weight is 277 g/mol. The van der Waals surface area contributed by atoms with Crippen LogP contribution in [0.15, 0.2) is 24.3 Å². The Kier molecular flexibility index (Phi) is 4.56. The minimum absolute atomic E-state index is 0.128. The predicted molar refractivity (Wildman–Crippen MR) is 84.0 cm³/mol. The summed E-state index contributed by atoms with van der Waals surface area (Å²) in [5.74, 6) is 1.08. The van der Waals surface area contributed by atoms with Crippen LogP contribution in [-0.2, 0) is 11.2 Å². The molecule has 0 atom stereocenters. The first kappa shape index (κ1) is 14.4. The highest BCUT2D eigenvalue weighted by Crippen LogP contribution is 2.34. The van der Waals surface area contributed by atoms with Crippen LogP contribution in [0.1, 0.15) is 38.7 Å². The molecule has 0 bridgehead atoms. The number of thiol groups is 1. The van der Waals surface area contributed by atoms with E-state index in [1.54, 1.807) is 0 Å². The fourth-order valence-corrected chi connectivity index (χ4v) is 3.30. The van der Waals surface area contributed by atoms with E-state index in [4.69, 9.17) is 0 Å². The van der Waals surface area contributed by atoms with Gasteiger partial charge in [-0.25, -0.2) is 0 Å². The highest BCUT2D eigenvalue weighted by molar-refractivity contribution is 7.80. The second-order valence-corrected chi connectivity index (χ2v) is 5.79. The van der Waals surface area contributed by atoms with Gasteiger partial charge in [-0.1, -0.05) is 32.0 Å². The molecule has 0 unspecified atom stereocenters. The molecule has 0 fully saturated rings. The van der Waals surface area contributed by atoms with E-state index in [9.17, 15) is 4.79 Å². The number of benzene rings is 1. The van der Waals surface area contributed by atoms with E-state index in [0.29, 0.717) is 6.42 Å². The fourth-order valence-electron chi connectivity index (χ4n) is 2.75. The molecular weight excluding hydrogens is 254 g/mol. The molecule has 104 valence electrons. The fraction of sp³-hybridized carbons (Fsp3) is 0.562. The van der Waals surface area contributed by atoms with Crippen molar-refractivity contribution in [3.8, 4) is 0 Å². The van der Waals surface area contributed by atoms with Crippen molar-refractivity contribution in [2.24, 2.45) is 5.41 Å². The van der Waals surface area contributed by atoms with E-state index in [-0.39, 0.29) is 11.3 Å². The molecular formula is C16H23NOS. The Morgan fingerprint density at radius 1 is 1.21 bits per heavy atom. The van der Waals surface area contributed by atoms with E-state index in [0.717, 1.165) is 37.2 Å². The first-order chi connectivity index (χ1) is 9.15. The van der Waals surface area contributed by atoms with Crippen LogP contribution in [0.4, 0.5) is 5.69 Å². The molecule has 0 spiro atoms. The minimum atomic E-state index is 0.128. The number of anilines is 1. The SMILES string of the molecule is CCC(CC)(CS)CN1C(=O)CCc2ccccc21. The summed E-state index contributed by atoms with van der Waals surface area (Å²) >= 11 is 4.52. The lowest BCUT2D eigenvalue weighted by molar-refractivity contribution is -0.119. The van der Waals surface area contributed by atoms with E-state index < -0.39 is 0 Å². The quantitative estimate of drug-likeness (QED) is 0.814. The first-order valence-corrected chi connectivity index (χ1v) is 7.78. The van der Waals surface area contributed by atoms with Crippen molar-refractivity contribution < 1.29 is 4.79 Å². The van der Waals surface area contributed by atoms with Crippen LogP contribution in [0.2, 0.25) is 0 Å². The Morgan fingerprint density at radius 3 is 2.53 bits per heavy atom. The smallest absolute Gasteiger partial charge is 0.227 e. The van der Waals surface area contributed by atoms with Crippen LogP contribution >= 0.6 is 12.6 Å². The van der Waals surface area contributed by atoms with E-state index in [2.05, 4.69) is 44.7 Å². The van der Waals surface area contributed by atoms with Crippen molar-refractivity contribution in [3.05, 3.63) is 29.8 Å². The third-order valence-electron chi connectivity index (χ3n) is 4.52. The maximum atomic E-state index is 12.3. The first-order valence-electron chi connectivity index (χ1n) is 7.15. The van der Waals surface area contributed by atoms with E-state index in [1.807, 2.05) is 11.0 Å². The normalized spacial score (nSPS) is 15.5. The lowest BCUT2D eigenvalue weighted by Gasteiger charge is -2.38. The molecule has 1 aliphatic rings. The van der Waals surface area contributed by atoms with Crippen molar-refractivity contribution >= 4 is 24.2 Å². The Bertz CT molecular complexity index is 446. The topological polar surface area (TPSA) is 20.3 Å². The van der Waals surface area contributed by atoms with Crippen LogP contribution in [0, 0.1) is 5.41 Å². The largest absolute Gasteiger partial charge is 0.312 e. The number of hydrogen-bond acceptors (Lipinski definition) is 2. The number of carbonyl (C=O) groups is 1. The zero-order valence-electron chi connectivity index (χ0n) is 11.9. The van der Waals surface area contributed by atoms with Crippen molar-refractivity contribution in [2.45, 2.75) is 39.5 Å². The number of fused-ring (bicyclic) bond motifs is 1. The van der Waals surface area contributed by atoms with Crippen LogP contribution in [0.25, 0.3) is 0 Å². The number of nitrogens with zero attached hydrogens (tertiary/aromatic N) is 1. The van der Waals surface area contributed by atoms with E-state index >= 15 is 0 Å². The third kappa shape index (κ3) is 2.81. The second kappa shape index (κ2) is 6.00. The monoisotopic (exact) mass is 277 g/mol. The van der Waals surface area contributed by atoms with Gasteiger partial charge in [0.25, 0.3) is 0 Å². The van der Waals surface area contributed by atoms with Crippen molar-refractivity contribution in [1.29, 1.82) is 0 Å². The minimum Gasteiger partial charge on any atom is -0.312 e. The number of hydrogen-bond donors (Lipinski definition) is 1. The number of rotatable bonds is 5. The maximum absolute atomic E-state index is 12.3. The summed E-state index contributed by atoms with van der Waals surface area (Å²) in [5, 5.41) is 0. The summed E-state index contributed by atoms with van der Waals surface area (Å²) in [6, 6.07) is 8.28. The van der Waals surface area contributed by atoms with Gasteiger partial charge >= 0.3 is 0 Å². The summed E-state index contributed by atoms with van der Waals surface area (Å²) in [7, 11) is 0. The molecule has 3 heteroatoms. The van der Waals surface area contributed by atoms with Crippen LogP contribution in [-0.4, -0.2) is 18.2 Å². The molecule has 1 amide bonds. The zero-order valence-corrected chi connectivity index (χ0v) is 12.7. The van der Waals surface area contributed by atoms with Gasteiger partial charge in [0.05, 0.1) is 0 Å². The van der Waals surface area contributed by atoms with Crippen molar-refractivity contribution in [1.82, 2.24) is 0 Å². The van der Waals surface area contributed by atoms with Crippen LogP contribution in [0.3, 0.4) is 0 Å². The van der Waals surface area contributed by atoms with E-state index in [1.165, 1.54) is 5.56 Å². The molecule has 1 aromatic carbocycles. The van der Waals surface area contributed by atoms with Gasteiger partial charge < -0.3 is 4.90 Å².